The van der Waals surface area contributed by atoms with Crippen LogP contribution in [0.5, 0.6) is 0 Å². The Bertz CT molecular complexity index is 305. The molecule has 0 aromatic carbocycles. The molecule has 4 nitrogen and oxygen atoms in total. The van der Waals surface area contributed by atoms with Gasteiger partial charge in [0.05, 0.1) is 0 Å². The number of rotatable bonds is 1. The third kappa shape index (κ3) is 2.20. The molecule has 1 saturated heterocycles. The molecule has 1 aliphatic rings. The summed E-state index contributed by atoms with van der Waals surface area (Å²) >= 11 is 0. The second-order valence-corrected chi connectivity index (χ2v) is 5.84. The summed E-state index contributed by atoms with van der Waals surface area (Å²) in [6.07, 6.45) is 0. The van der Waals surface area contributed by atoms with Gasteiger partial charge in [-0.2, -0.15) is 0 Å². The minimum absolute atomic E-state index is 0.00882. The second kappa shape index (κ2) is 4.07. The summed E-state index contributed by atoms with van der Waals surface area (Å²) in [5.74, 6) is -0.0391. The van der Waals surface area contributed by atoms with E-state index in [0.29, 0.717) is 0 Å². The van der Waals surface area contributed by atoms with E-state index in [-0.39, 0.29) is 29.3 Å². The van der Waals surface area contributed by atoms with E-state index < -0.39 is 6.04 Å². The van der Waals surface area contributed by atoms with Gasteiger partial charge in [-0.1, -0.05) is 20.8 Å². The van der Waals surface area contributed by atoms with Crippen molar-refractivity contribution in [3.8, 4) is 0 Å². The molecule has 0 bridgehead atoms. The van der Waals surface area contributed by atoms with Crippen molar-refractivity contribution < 1.29 is 9.59 Å². The number of amides is 2. The lowest BCUT2D eigenvalue weighted by Crippen LogP contribution is -2.67. The number of hydrogen-bond donors (Lipinski definition) is 1. The van der Waals surface area contributed by atoms with Crippen molar-refractivity contribution in [3.63, 3.8) is 0 Å². The van der Waals surface area contributed by atoms with Crippen LogP contribution in [0.4, 0.5) is 0 Å². The molecule has 0 spiro atoms. The van der Waals surface area contributed by atoms with Crippen LogP contribution in [0.3, 0.4) is 0 Å². The van der Waals surface area contributed by atoms with Gasteiger partial charge in [-0.3, -0.25) is 9.59 Å². The molecule has 0 aromatic rings. The van der Waals surface area contributed by atoms with Gasteiger partial charge in [0, 0.05) is 6.04 Å². The summed E-state index contributed by atoms with van der Waals surface area (Å²) in [5.41, 5.74) is -0.246. The molecule has 0 aliphatic carbocycles. The van der Waals surface area contributed by atoms with Crippen LogP contribution in [0.2, 0.25) is 0 Å². The Hall–Kier alpha value is -1.06. The molecule has 16 heavy (non-hydrogen) atoms. The predicted molar refractivity (Wildman–Crippen MR) is 62.8 cm³/mol. The van der Waals surface area contributed by atoms with E-state index in [0.717, 1.165) is 0 Å². The van der Waals surface area contributed by atoms with Crippen molar-refractivity contribution in [2.75, 3.05) is 0 Å². The van der Waals surface area contributed by atoms with Gasteiger partial charge in [-0.05, 0) is 26.2 Å². The Morgan fingerprint density at radius 3 is 2.12 bits per heavy atom. The van der Waals surface area contributed by atoms with Crippen LogP contribution in [-0.4, -0.2) is 34.8 Å². The highest BCUT2D eigenvalue weighted by molar-refractivity contribution is 5.97. The van der Waals surface area contributed by atoms with Crippen molar-refractivity contribution in [2.24, 2.45) is 5.41 Å². The highest BCUT2D eigenvalue weighted by Gasteiger charge is 2.45. The van der Waals surface area contributed by atoms with Crippen molar-refractivity contribution in [1.29, 1.82) is 0 Å². The first-order chi connectivity index (χ1) is 7.16. The number of nitrogens with zero attached hydrogens (tertiary/aromatic N) is 1. The molecule has 2 unspecified atom stereocenters. The zero-order chi connectivity index (χ0) is 12.7. The van der Waals surface area contributed by atoms with Crippen LogP contribution < -0.4 is 5.32 Å². The Morgan fingerprint density at radius 2 is 1.75 bits per heavy atom. The maximum atomic E-state index is 12.1. The first kappa shape index (κ1) is 13.0. The first-order valence-electron chi connectivity index (χ1n) is 5.79. The molecule has 1 aliphatic heterocycles. The lowest BCUT2D eigenvalue weighted by Gasteiger charge is -2.46. The zero-order valence-corrected chi connectivity index (χ0v) is 11.0. The average Bonchev–Trinajstić information content (AvgIpc) is 2.07. The number of piperazine rings is 1. The van der Waals surface area contributed by atoms with Crippen LogP contribution in [0, 0.1) is 5.41 Å². The topological polar surface area (TPSA) is 49.4 Å². The summed E-state index contributed by atoms with van der Waals surface area (Å²) in [6.45, 7) is 11.6. The Morgan fingerprint density at radius 1 is 1.25 bits per heavy atom. The van der Waals surface area contributed by atoms with Crippen LogP contribution in [0.15, 0.2) is 0 Å². The molecule has 2 atom stereocenters. The summed E-state index contributed by atoms with van der Waals surface area (Å²) < 4.78 is 0. The highest BCUT2D eigenvalue weighted by Crippen LogP contribution is 2.29. The van der Waals surface area contributed by atoms with Gasteiger partial charge in [0.1, 0.15) is 12.1 Å². The van der Waals surface area contributed by atoms with Gasteiger partial charge in [-0.15, -0.1) is 0 Å². The Kier molecular flexibility index (Phi) is 3.31. The molecule has 4 heteroatoms. The van der Waals surface area contributed by atoms with Crippen LogP contribution >= 0.6 is 0 Å². The quantitative estimate of drug-likeness (QED) is 0.729. The van der Waals surface area contributed by atoms with E-state index in [4.69, 9.17) is 0 Å². The van der Waals surface area contributed by atoms with Crippen molar-refractivity contribution >= 4 is 11.8 Å². The molecular weight excluding hydrogens is 204 g/mol. The number of hydrogen-bond acceptors (Lipinski definition) is 2. The summed E-state index contributed by atoms with van der Waals surface area (Å²) in [6, 6.07) is -0.741. The molecule has 1 N–H and O–H groups in total. The summed E-state index contributed by atoms with van der Waals surface area (Å²) in [5, 5.41) is 2.74. The van der Waals surface area contributed by atoms with Crippen molar-refractivity contribution in [2.45, 2.75) is 59.7 Å². The summed E-state index contributed by atoms with van der Waals surface area (Å²) in [4.78, 5) is 25.8. The van der Waals surface area contributed by atoms with E-state index in [9.17, 15) is 9.59 Å². The van der Waals surface area contributed by atoms with E-state index in [1.54, 1.807) is 11.8 Å². The smallest absolute Gasteiger partial charge is 0.245 e. The zero-order valence-electron chi connectivity index (χ0n) is 11.0. The fourth-order valence-corrected chi connectivity index (χ4v) is 2.19. The average molecular weight is 226 g/mol. The third-order valence-electron chi connectivity index (χ3n) is 2.89. The predicted octanol–water partition coefficient (Wildman–Crippen LogP) is 1.16. The van der Waals surface area contributed by atoms with Gasteiger partial charge in [0.15, 0.2) is 0 Å². The minimum Gasteiger partial charge on any atom is -0.343 e. The van der Waals surface area contributed by atoms with Crippen LogP contribution in [-0.2, 0) is 9.59 Å². The van der Waals surface area contributed by atoms with Crippen LogP contribution in [0.25, 0.3) is 0 Å². The van der Waals surface area contributed by atoms with E-state index in [2.05, 4.69) is 5.32 Å². The second-order valence-electron chi connectivity index (χ2n) is 5.84. The largest absolute Gasteiger partial charge is 0.343 e. The van der Waals surface area contributed by atoms with Gasteiger partial charge >= 0.3 is 0 Å². The maximum Gasteiger partial charge on any atom is 0.245 e. The normalized spacial score (nSPS) is 27.3. The van der Waals surface area contributed by atoms with E-state index >= 15 is 0 Å². The lowest BCUT2D eigenvalue weighted by atomic mass is 9.82. The van der Waals surface area contributed by atoms with Crippen molar-refractivity contribution in [3.05, 3.63) is 0 Å². The monoisotopic (exact) mass is 226 g/mol. The number of carbonyl (C=O) groups is 2. The molecule has 92 valence electrons. The molecule has 0 radical (unpaired) electrons. The first-order valence-corrected chi connectivity index (χ1v) is 5.79. The summed E-state index contributed by atoms with van der Waals surface area (Å²) in [7, 11) is 0. The fourth-order valence-electron chi connectivity index (χ4n) is 2.19. The van der Waals surface area contributed by atoms with Gasteiger partial charge in [0.25, 0.3) is 0 Å². The van der Waals surface area contributed by atoms with E-state index in [1.807, 2.05) is 34.6 Å². The highest BCUT2D eigenvalue weighted by atomic mass is 16.2. The fraction of sp³-hybridized carbons (Fsp3) is 0.833. The molecule has 1 heterocycles. The van der Waals surface area contributed by atoms with Gasteiger partial charge in [0.2, 0.25) is 11.8 Å². The molecule has 1 fully saturated rings. The molecule has 2 amide bonds. The van der Waals surface area contributed by atoms with E-state index in [1.165, 1.54) is 0 Å². The SMILES string of the molecule is CC1NC(=O)C(C(C)(C)C)N(C(C)C)C1=O. The van der Waals surface area contributed by atoms with Gasteiger partial charge < -0.3 is 10.2 Å². The van der Waals surface area contributed by atoms with Crippen LogP contribution in [0.1, 0.15) is 41.5 Å². The standard InChI is InChI=1S/C12H22N2O2/c1-7(2)14-9(12(4,5)6)10(15)13-8(3)11(14)16/h7-9H,1-6H3,(H,13,15). The maximum absolute atomic E-state index is 12.1. The number of nitrogens with one attached hydrogen (secondary N) is 1. The third-order valence-corrected chi connectivity index (χ3v) is 2.89. The molecular formula is C12H22N2O2. The molecule has 1 rings (SSSR count). The molecule has 0 aromatic heterocycles. The Labute approximate surface area is 97.4 Å². The minimum atomic E-state index is -0.409. The molecule has 0 saturated carbocycles. The van der Waals surface area contributed by atoms with Gasteiger partial charge in [-0.25, -0.2) is 0 Å². The Balaban J connectivity index is 3.12. The van der Waals surface area contributed by atoms with Crippen molar-refractivity contribution in [1.82, 2.24) is 10.2 Å². The lowest BCUT2D eigenvalue weighted by molar-refractivity contribution is -0.155. The number of carbonyl (C=O) groups excluding carboxylic acids is 2.